The molecular weight excluding hydrogens is 285 g/mol. The van der Waals surface area contributed by atoms with E-state index in [1.807, 2.05) is 0 Å². The summed E-state index contributed by atoms with van der Waals surface area (Å²) in [6, 6.07) is 4.71. The van der Waals surface area contributed by atoms with Gasteiger partial charge in [0.25, 0.3) is 0 Å². The van der Waals surface area contributed by atoms with Gasteiger partial charge in [0.1, 0.15) is 5.82 Å². The third-order valence-corrected chi connectivity index (χ3v) is 3.42. The molecule has 0 aromatic heterocycles. The summed E-state index contributed by atoms with van der Waals surface area (Å²) in [5.74, 6) is 0.197. The minimum Gasteiger partial charge on any atom is -0.384 e. The number of benzene rings is 1. The highest BCUT2D eigenvalue weighted by atomic mass is 79.9. The van der Waals surface area contributed by atoms with Crippen LogP contribution in [0.15, 0.2) is 22.7 Å². The van der Waals surface area contributed by atoms with Gasteiger partial charge in [0, 0.05) is 24.2 Å². The SMILES string of the molecule is COCC(C)CC(N)Cc1cc(F)ccc1Br. The number of nitrogens with two attached hydrogens (primary N) is 1. The van der Waals surface area contributed by atoms with E-state index in [-0.39, 0.29) is 11.9 Å². The van der Waals surface area contributed by atoms with Crippen LogP contribution >= 0.6 is 15.9 Å². The van der Waals surface area contributed by atoms with Gasteiger partial charge in [-0.25, -0.2) is 4.39 Å². The highest BCUT2D eigenvalue weighted by Crippen LogP contribution is 2.20. The summed E-state index contributed by atoms with van der Waals surface area (Å²) in [4.78, 5) is 0. The first-order chi connectivity index (χ1) is 8.02. The molecule has 0 radical (unpaired) electrons. The first-order valence-electron chi connectivity index (χ1n) is 5.71. The molecule has 0 aliphatic carbocycles. The Labute approximate surface area is 110 Å². The predicted octanol–water partition coefficient (Wildman–Crippen LogP) is 3.13. The molecule has 2 atom stereocenters. The van der Waals surface area contributed by atoms with Crippen molar-refractivity contribution in [1.29, 1.82) is 0 Å². The van der Waals surface area contributed by atoms with Crippen molar-refractivity contribution in [2.24, 2.45) is 11.7 Å². The maximum Gasteiger partial charge on any atom is 0.123 e. The van der Waals surface area contributed by atoms with Gasteiger partial charge in [0.05, 0.1) is 0 Å². The van der Waals surface area contributed by atoms with E-state index in [4.69, 9.17) is 10.5 Å². The normalized spacial score (nSPS) is 14.6. The van der Waals surface area contributed by atoms with E-state index in [9.17, 15) is 4.39 Å². The van der Waals surface area contributed by atoms with Crippen LogP contribution in [-0.4, -0.2) is 19.8 Å². The fourth-order valence-electron chi connectivity index (χ4n) is 1.93. The summed E-state index contributed by atoms with van der Waals surface area (Å²) in [7, 11) is 1.69. The molecule has 4 heteroatoms. The van der Waals surface area contributed by atoms with Crippen LogP contribution in [0.4, 0.5) is 4.39 Å². The largest absolute Gasteiger partial charge is 0.384 e. The van der Waals surface area contributed by atoms with E-state index < -0.39 is 0 Å². The molecule has 0 aliphatic heterocycles. The van der Waals surface area contributed by atoms with Crippen molar-refractivity contribution in [3.8, 4) is 0 Å². The summed E-state index contributed by atoms with van der Waals surface area (Å²) in [6.07, 6.45) is 1.54. The van der Waals surface area contributed by atoms with Crippen LogP contribution in [0.3, 0.4) is 0 Å². The van der Waals surface area contributed by atoms with E-state index in [0.717, 1.165) is 16.5 Å². The van der Waals surface area contributed by atoms with Crippen molar-refractivity contribution in [2.45, 2.75) is 25.8 Å². The summed E-state index contributed by atoms with van der Waals surface area (Å²) in [5, 5.41) is 0. The smallest absolute Gasteiger partial charge is 0.123 e. The Kier molecular flexibility index (Phi) is 6.09. The van der Waals surface area contributed by atoms with Gasteiger partial charge < -0.3 is 10.5 Å². The number of halogens is 2. The molecular formula is C13H19BrFNO. The minimum atomic E-state index is -0.222. The van der Waals surface area contributed by atoms with Crippen molar-refractivity contribution in [3.05, 3.63) is 34.1 Å². The van der Waals surface area contributed by atoms with Crippen LogP contribution in [0, 0.1) is 11.7 Å². The summed E-state index contributed by atoms with van der Waals surface area (Å²) in [6.45, 7) is 2.81. The zero-order chi connectivity index (χ0) is 12.8. The first-order valence-corrected chi connectivity index (χ1v) is 6.50. The lowest BCUT2D eigenvalue weighted by molar-refractivity contribution is 0.152. The lowest BCUT2D eigenvalue weighted by Crippen LogP contribution is -2.26. The molecule has 17 heavy (non-hydrogen) atoms. The average molecular weight is 304 g/mol. The molecule has 1 aromatic rings. The van der Waals surface area contributed by atoms with Crippen molar-refractivity contribution >= 4 is 15.9 Å². The van der Waals surface area contributed by atoms with Crippen molar-refractivity contribution in [3.63, 3.8) is 0 Å². The Bertz CT molecular complexity index is 359. The summed E-state index contributed by atoms with van der Waals surface area (Å²) >= 11 is 3.41. The van der Waals surface area contributed by atoms with Gasteiger partial charge >= 0.3 is 0 Å². The molecule has 96 valence electrons. The fraction of sp³-hybridized carbons (Fsp3) is 0.538. The zero-order valence-electron chi connectivity index (χ0n) is 10.2. The topological polar surface area (TPSA) is 35.2 Å². The molecule has 1 aromatic carbocycles. The Hall–Kier alpha value is -0.450. The van der Waals surface area contributed by atoms with Crippen LogP contribution in [0.2, 0.25) is 0 Å². The summed E-state index contributed by atoms with van der Waals surface area (Å²) < 4.78 is 19.1. The number of hydrogen-bond donors (Lipinski definition) is 1. The van der Waals surface area contributed by atoms with Crippen molar-refractivity contribution < 1.29 is 9.13 Å². The van der Waals surface area contributed by atoms with Gasteiger partial charge in [-0.15, -0.1) is 0 Å². The quantitative estimate of drug-likeness (QED) is 0.876. The molecule has 0 amide bonds. The van der Waals surface area contributed by atoms with Crippen LogP contribution in [0.1, 0.15) is 18.9 Å². The zero-order valence-corrected chi connectivity index (χ0v) is 11.8. The monoisotopic (exact) mass is 303 g/mol. The Morgan fingerprint density at radius 1 is 1.47 bits per heavy atom. The number of methoxy groups -OCH3 is 1. The number of hydrogen-bond acceptors (Lipinski definition) is 2. The van der Waals surface area contributed by atoms with Crippen LogP contribution in [0.25, 0.3) is 0 Å². The molecule has 0 spiro atoms. The molecule has 2 unspecified atom stereocenters. The molecule has 1 rings (SSSR count). The standard InChI is InChI=1S/C13H19BrFNO/c1-9(8-17-2)5-12(16)7-10-6-11(15)3-4-13(10)14/h3-4,6,9,12H,5,7-8,16H2,1-2H3. The van der Waals surface area contributed by atoms with Gasteiger partial charge in [-0.1, -0.05) is 22.9 Å². The van der Waals surface area contributed by atoms with Crippen LogP contribution in [0.5, 0.6) is 0 Å². The van der Waals surface area contributed by atoms with Crippen LogP contribution < -0.4 is 5.73 Å². The van der Waals surface area contributed by atoms with Gasteiger partial charge in [0.2, 0.25) is 0 Å². The minimum absolute atomic E-state index is 0.0262. The average Bonchev–Trinajstić information content (AvgIpc) is 2.23. The lowest BCUT2D eigenvalue weighted by Gasteiger charge is -2.17. The molecule has 0 saturated heterocycles. The third-order valence-electron chi connectivity index (χ3n) is 2.65. The molecule has 2 N–H and O–H groups in total. The molecule has 0 heterocycles. The number of ether oxygens (including phenoxy) is 1. The number of rotatable bonds is 6. The second-order valence-electron chi connectivity index (χ2n) is 4.50. The second kappa shape index (κ2) is 7.09. The second-order valence-corrected chi connectivity index (χ2v) is 5.35. The Morgan fingerprint density at radius 3 is 2.82 bits per heavy atom. The highest BCUT2D eigenvalue weighted by molar-refractivity contribution is 9.10. The van der Waals surface area contributed by atoms with E-state index >= 15 is 0 Å². The Morgan fingerprint density at radius 2 is 2.18 bits per heavy atom. The van der Waals surface area contributed by atoms with Crippen molar-refractivity contribution in [1.82, 2.24) is 0 Å². The Balaban J connectivity index is 2.55. The van der Waals surface area contributed by atoms with Gasteiger partial charge in [0.15, 0.2) is 0 Å². The predicted molar refractivity (Wildman–Crippen MR) is 71.4 cm³/mol. The molecule has 0 saturated carbocycles. The van der Waals surface area contributed by atoms with Gasteiger partial charge in [-0.3, -0.25) is 0 Å². The summed E-state index contributed by atoms with van der Waals surface area (Å²) in [5.41, 5.74) is 6.98. The van der Waals surface area contributed by atoms with Gasteiger partial charge in [-0.05, 0) is 42.5 Å². The third kappa shape index (κ3) is 5.15. The molecule has 0 aliphatic rings. The highest BCUT2D eigenvalue weighted by Gasteiger charge is 2.12. The first kappa shape index (κ1) is 14.6. The van der Waals surface area contributed by atoms with Crippen molar-refractivity contribution in [2.75, 3.05) is 13.7 Å². The van der Waals surface area contributed by atoms with Gasteiger partial charge in [-0.2, -0.15) is 0 Å². The molecule has 0 fully saturated rings. The lowest BCUT2D eigenvalue weighted by atomic mass is 9.97. The molecule has 2 nitrogen and oxygen atoms in total. The maximum absolute atomic E-state index is 13.1. The van der Waals surface area contributed by atoms with E-state index in [0.29, 0.717) is 18.9 Å². The van der Waals surface area contributed by atoms with Crippen LogP contribution in [-0.2, 0) is 11.2 Å². The maximum atomic E-state index is 13.1. The van der Waals surface area contributed by atoms with E-state index in [1.54, 1.807) is 13.2 Å². The van der Waals surface area contributed by atoms with E-state index in [2.05, 4.69) is 22.9 Å². The molecule has 0 bridgehead atoms. The fourth-order valence-corrected chi connectivity index (χ4v) is 2.34. The van der Waals surface area contributed by atoms with E-state index in [1.165, 1.54) is 12.1 Å².